The molecule has 0 saturated carbocycles. The summed E-state index contributed by atoms with van der Waals surface area (Å²) in [5, 5.41) is 5.53. The summed E-state index contributed by atoms with van der Waals surface area (Å²) in [5.74, 6) is 0.250. The van der Waals surface area contributed by atoms with Crippen LogP contribution >= 0.6 is 11.8 Å². The maximum absolute atomic E-state index is 12.8. The number of nitrogens with one attached hydrogen (secondary N) is 2. The van der Waals surface area contributed by atoms with Gasteiger partial charge in [-0.1, -0.05) is 35.9 Å². The smallest absolute Gasteiger partial charge is 0.255 e. The van der Waals surface area contributed by atoms with Crippen molar-refractivity contribution in [2.24, 2.45) is 0 Å². The minimum Gasteiger partial charge on any atom is -0.436 e. The molecule has 7 heteroatoms. The van der Waals surface area contributed by atoms with Gasteiger partial charge in [0.25, 0.3) is 5.91 Å². The van der Waals surface area contributed by atoms with E-state index in [0.717, 1.165) is 27.1 Å². The molecule has 5 rings (SSSR count). The maximum Gasteiger partial charge on any atom is 0.255 e. The second kappa shape index (κ2) is 10.7. The van der Waals surface area contributed by atoms with E-state index in [4.69, 9.17) is 4.42 Å². The summed E-state index contributed by atoms with van der Waals surface area (Å²) in [6.07, 6.45) is 0. The fourth-order valence-electron chi connectivity index (χ4n) is 3.75. The third-order valence-corrected chi connectivity index (χ3v) is 6.87. The van der Waals surface area contributed by atoms with E-state index in [2.05, 4.69) is 15.6 Å². The first-order valence-electron chi connectivity index (χ1n) is 11.9. The van der Waals surface area contributed by atoms with Crippen molar-refractivity contribution in [3.05, 3.63) is 108 Å². The second-order valence-electron chi connectivity index (χ2n) is 8.66. The minimum absolute atomic E-state index is 0.117. The Kier molecular flexibility index (Phi) is 7.05. The van der Waals surface area contributed by atoms with E-state index < -0.39 is 0 Å². The SMILES string of the molecule is Cc1ccc(C(=O)Nc2cccc(SC(C)C(=O)Nc3ccc(-c4nc5ccccc5o4)cc3)c2)cc1. The molecule has 5 aromatic rings. The lowest BCUT2D eigenvalue weighted by molar-refractivity contribution is -0.115. The molecule has 1 heterocycles. The first kappa shape index (κ1) is 24.3. The number of aromatic nitrogens is 1. The zero-order chi connectivity index (χ0) is 25.8. The monoisotopic (exact) mass is 507 g/mol. The number of carbonyl (C=O) groups is 2. The summed E-state index contributed by atoms with van der Waals surface area (Å²) in [7, 11) is 0. The van der Waals surface area contributed by atoms with Crippen LogP contribution in [0.25, 0.3) is 22.6 Å². The molecule has 1 unspecified atom stereocenters. The molecule has 0 aliphatic carbocycles. The molecular weight excluding hydrogens is 482 g/mol. The number of para-hydroxylation sites is 2. The molecule has 0 fully saturated rings. The number of thioether (sulfide) groups is 1. The Morgan fingerprint density at radius 2 is 1.59 bits per heavy atom. The first-order chi connectivity index (χ1) is 17.9. The normalized spacial score (nSPS) is 11.7. The van der Waals surface area contributed by atoms with Gasteiger partial charge in [0.2, 0.25) is 11.8 Å². The number of hydrogen-bond donors (Lipinski definition) is 2. The predicted octanol–water partition coefficient (Wildman–Crippen LogP) is 7.17. The highest BCUT2D eigenvalue weighted by molar-refractivity contribution is 8.00. The standard InChI is InChI=1S/C30H25N3O3S/c1-19-10-12-21(13-11-19)29(35)32-24-6-5-7-25(18-24)37-20(2)28(34)31-23-16-14-22(15-17-23)30-33-26-8-3-4-9-27(26)36-30/h3-18,20H,1-2H3,(H,31,34)(H,32,35). The molecule has 0 saturated heterocycles. The number of rotatable bonds is 7. The third-order valence-electron chi connectivity index (χ3n) is 5.78. The van der Waals surface area contributed by atoms with Crippen molar-refractivity contribution >= 4 is 46.1 Å². The first-order valence-corrected chi connectivity index (χ1v) is 12.7. The Morgan fingerprint density at radius 3 is 2.35 bits per heavy atom. The maximum atomic E-state index is 12.8. The molecule has 1 aromatic heterocycles. The molecule has 37 heavy (non-hydrogen) atoms. The number of aryl methyl sites for hydroxylation is 1. The van der Waals surface area contributed by atoms with Gasteiger partial charge in [0.15, 0.2) is 5.58 Å². The van der Waals surface area contributed by atoms with Crippen molar-refractivity contribution in [1.82, 2.24) is 4.98 Å². The van der Waals surface area contributed by atoms with Crippen LogP contribution in [0.1, 0.15) is 22.8 Å². The van der Waals surface area contributed by atoms with Crippen LogP contribution < -0.4 is 10.6 Å². The van der Waals surface area contributed by atoms with Crippen LogP contribution in [0.2, 0.25) is 0 Å². The van der Waals surface area contributed by atoms with Crippen LogP contribution in [0.15, 0.2) is 106 Å². The van der Waals surface area contributed by atoms with Crippen LogP contribution in [0.3, 0.4) is 0 Å². The van der Waals surface area contributed by atoms with Gasteiger partial charge in [-0.05, 0) is 80.6 Å². The fourth-order valence-corrected chi connectivity index (χ4v) is 4.68. The summed E-state index contributed by atoms with van der Waals surface area (Å²) in [6, 6.07) is 29.9. The quantitative estimate of drug-likeness (QED) is 0.228. The van der Waals surface area contributed by atoms with Gasteiger partial charge < -0.3 is 15.1 Å². The second-order valence-corrected chi connectivity index (χ2v) is 10.1. The van der Waals surface area contributed by atoms with E-state index in [0.29, 0.717) is 22.8 Å². The number of oxazole rings is 1. The average molecular weight is 508 g/mol. The topological polar surface area (TPSA) is 84.2 Å². The summed E-state index contributed by atoms with van der Waals surface area (Å²) in [4.78, 5) is 30.8. The van der Waals surface area contributed by atoms with Gasteiger partial charge in [0.1, 0.15) is 5.52 Å². The molecule has 184 valence electrons. The summed E-state index contributed by atoms with van der Waals surface area (Å²) >= 11 is 1.42. The van der Waals surface area contributed by atoms with Crippen molar-refractivity contribution < 1.29 is 14.0 Å². The lowest BCUT2D eigenvalue weighted by atomic mass is 10.1. The zero-order valence-corrected chi connectivity index (χ0v) is 21.2. The van der Waals surface area contributed by atoms with Crippen LogP contribution in [0.5, 0.6) is 0 Å². The van der Waals surface area contributed by atoms with Crippen LogP contribution in [-0.4, -0.2) is 22.0 Å². The van der Waals surface area contributed by atoms with Crippen LogP contribution in [-0.2, 0) is 4.79 Å². The van der Waals surface area contributed by atoms with Gasteiger partial charge in [-0.25, -0.2) is 4.98 Å². The van der Waals surface area contributed by atoms with Gasteiger partial charge in [-0.3, -0.25) is 9.59 Å². The van der Waals surface area contributed by atoms with Crippen molar-refractivity contribution in [1.29, 1.82) is 0 Å². The number of anilines is 2. The molecule has 4 aromatic carbocycles. The molecule has 0 spiro atoms. The molecule has 6 nitrogen and oxygen atoms in total. The fraction of sp³-hybridized carbons (Fsp3) is 0.100. The molecule has 0 aliphatic rings. The zero-order valence-electron chi connectivity index (χ0n) is 20.4. The third kappa shape index (κ3) is 5.90. The predicted molar refractivity (Wildman–Crippen MR) is 149 cm³/mol. The average Bonchev–Trinajstić information content (AvgIpc) is 3.34. The van der Waals surface area contributed by atoms with Crippen molar-refractivity contribution in [3.8, 4) is 11.5 Å². The Morgan fingerprint density at radius 1 is 0.838 bits per heavy atom. The van der Waals surface area contributed by atoms with Gasteiger partial charge in [-0.2, -0.15) is 0 Å². The Balaban J connectivity index is 1.19. The highest BCUT2D eigenvalue weighted by atomic mass is 32.2. The lowest BCUT2D eigenvalue weighted by Gasteiger charge is -2.13. The number of hydrogen-bond acceptors (Lipinski definition) is 5. The van der Waals surface area contributed by atoms with Gasteiger partial charge in [0, 0.05) is 27.4 Å². The molecule has 0 radical (unpaired) electrons. The number of fused-ring (bicyclic) bond motifs is 1. The van der Waals surface area contributed by atoms with Gasteiger partial charge >= 0.3 is 0 Å². The van der Waals surface area contributed by atoms with E-state index >= 15 is 0 Å². The molecule has 0 aliphatic heterocycles. The Hall–Kier alpha value is -4.36. The van der Waals surface area contributed by atoms with Crippen molar-refractivity contribution in [3.63, 3.8) is 0 Å². The summed E-state index contributed by atoms with van der Waals surface area (Å²) in [5.41, 5.74) is 5.44. The Labute approximate surface area is 219 Å². The molecule has 2 N–H and O–H groups in total. The number of amides is 2. The van der Waals surface area contributed by atoms with Crippen molar-refractivity contribution in [2.45, 2.75) is 24.0 Å². The largest absolute Gasteiger partial charge is 0.436 e. The number of carbonyl (C=O) groups excluding carboxylic acids is 2. The van der Waals surface area contributed by atoms with Crippen molar-refractivity contribution in [2.75, 3.05) is 10.6 Å². The van der Waals surface area contributed by atoms with E-state index in [-0.39, 0.29) is 17.1 Å². The van der Waals surface area contributed by atoms with Gasteiger partial charge in [-0.15, -0.1) is 11.8 Å². The highest BCUT2D eigenvalue weighted by Crippen LogP contribution is 2.28. The van der Waals surface area contributed by atoms with Crippen LogP contribution in [0, 0.1) is 6.92 Å². The number of nitrogens with zero attached hydrogens (tertiary/aromatic N) is 1. The highest BCUT2D eigenvalue weighted by Gasteiger charge is 2.16. The van der Waals surface area contributed by atoms with E-state index in [1.807, 2.05) is 98.8 Å². The minimum atomic E-state index is -0.347. The molecule has 2 amide bonds. The molecule has 1 atom stereocenters. The van der Waals surface area contributed by atoms with E-state index in [1.165, 1.54) is 11.8 Å². The van der Waals surface area contributed by atoms with E-state index in [9.17, 15) is 9.59 Å². The molecular formula is C30H25N3O3S. The summed E-state index contributed by atoms with van der Waals surface area (Å²) < 4.78 is 5.82. The number of benzene rings is 4. The Bertz CT molecular complexity index is 1530. The summed E-state index contributed by atoms with van der Waals surface area (Å²) in [6.45, 7) is 3.83. The van der Waals surface area contributed by atoms with Crippen LogP contribution in [0.4, 0.5) is 11.4 Å². The lowest BCUT2D eigenvalue weighted by Crippen LogP contribution is -2.22. The van der Waals surface area contributed by atoms with Gasteiger partial charge in [0.05, 0.1) is 5.25 Å². The van der Waals surface area contributed by atoms with E-state index in [1.54, 1.807) is 12.1 Å². The molecule has 0 bridgehead atoms.